The minimum absolute atomic E-state index is 0.0573. The SMILES string of the molecule is CCO[C@@H]1C[C@@H](NC(=O)c2cnc3sccn3c2=O)C12CCCC2. The first kappa shape index (κ1) is 15.8. The van der Waals surface area contributed by atoms with Crippen molar-refractivity contribution in [3.05, 3.63) is 33.7 Å². The largest absolute Gasteiger partial charge is 0.378 e. The number of amides is 1. The van der Waals surface area contributed by atoms with Crippen molar-refractivity contribution >= 4 is 22.2 Å². The van der Waals surface area contributed by atoms with Crippen molar-refractivity contribution in [2.24, 2.45) is 5.41 Å². The van der Waals surface area contributed by atoms with Crippen molar-refractivity contribution in [1.82, 2.24) is 14.7 Å². The van der Waals surface area contributed by atoms with Crippen molar-refractivity contribution in [1.29, 1.82) is 0 Å². The molecule has 6 nitrogen and oxygen atoms in total. The zero-order valence-corrected chi connectivity index (χ0v) is 14.5. The van der Waals surface area contributed by atoms with E-state index in [4.69, 9.17) is 4.74 Å². The van der Waals surface area contributed by atoms with Gasteiger partial charge in [0.05, 0.1) is 6.10 Å². The number of ether oxygens (including phenoxy) is 1. The first-order valence-electron chi connectivity index (χ1n) is 8.53. The Balaban J connectivity index is 1.55. The highest BCUT2D eigenvalue weighted by molar-refractivity contribution is 7.15. The molecule has 0 saturated heterocycles. The second-order valence-electron chi connectivity index (χ2n) is 6.68. The smallest absolute Gasteiger partial charge is 0.271 e. The van der Waals surface area contributed by atoms with Gasteiger partial charge >= 0.3 is 0 Å². The highest BCUT2D eigenvalue weighted by Gasteiger charge is 2.57. The van der Waals surface area contributed by atoms with E-state index in [0.717, 1.165) is 19.3 Å². The lowest BCUT2D eigenvalue weighted by Crippen LogP contribution is -2.64. The first-order valence-corrected chi connectivity index (χ1v) is 9.41. The van der Waals surface area contributed by atoms with Gasteiger partial charge in [-0.15, -0.1) is 11.3 Å². The lowest BCUT2D eigenvalue weighted by Gasteiger charge is -2.54. The molecule has 2 aliphatic carbocycles. The van der Waals surface area contributed by atoms with Crippen LogP contribution in [0.4, 0.5) is 0 Å². The van der Waals surface area contributed by atoms with Crippen LogP contribution in [0.2, 0.25) is 0 Å². The molecule has 1 spiro atoms. The van der Waals surface area contributed by atoms with Gasteiger partial charge in [0.25, 0.3) is 11.5 Å². The van der Waals surface area contributed by atoms with Crippen LogP contribution in [0.15, 0.2) is 22.6 Å². The number of carbonyl (C=O) groups excluding carboxylic acids is 1. The van der Waals surface area contributed by atoms with Crippen LogP contribution in [-0.4, -0.2) is 34.0 Å². The number of hydrogen-bond acceptors (Lipinski definition) is 5. The van der Waals surface area contributed by atoms with Crippen LogP contribution in [-0.2, 0) is 4.74 Å². The fourth-order valence-corrected chi connectivity index (χ4v) is 4.98. The molecule has 0 aliphatic heterocycles. The molecule has 0 aromatic carbocycles. The van der Waals surface area contributed by atoms with Gasteiger partial charge in [0.1, 0.15) is 5.56 Å². The second-order valence-corrected chi connectivity index (χ2v) is 7.55. The number of rotatable bonds is 4. The number of thiazole rings is 1. The summed E-state index contributed by atoms with van der Waals surface area (Å²) >= 11 is 1.38. The van der Waals surface area contributed by atoms with Crippen LogP contribution in [0.25, 0.3) is 4.96 Å². The zero-order chi connectivity index (χ0) is 16.7. The third-order valence-corrected chi connectivity index (χ3v) is 6.35. The predicted octanol–water partition coefficient (Wildman–Crippen LogP) is 2.22. The van der Waals surface area contributed by atoms with Crippen molar-refractivity contribution < 1.29 is 9.53 Å². The summed E-state index contributed by atoms with van der Waals surface area (Å²) in [7, 11) is 0. The third kappa shape index (κ3) is 2.29. The van der Waals surface area contributed by atoms with Gasteiger partial charge in [-0.2, -0.15) is 0 Å². The Labute approximate surface area is 143 Å². The summed E-state index contributed by atoms with van der Waals surface area (Å²) in [5.41, 5.74) is -0.138. The van der Waals surface area contributed by atoms with Crippen molar-refractivity contribution in [2.75, 3.05) is 6.61 Å². The molecule has 0 unspecified atom stereocenters. The van der Waals surface area contributed by atoms with Crippen molar-refractivity contribution in [2.45, 2.75) is 51.2 Å². The number of fused-ring (bicyclic) bond motifs is 1. The Kier molecular flexibility index (Phi) is 3.92. The quantitative estimate of drug-likeness (QED) is 0.920. The van der Waals surface area contributed by atoms with E-state index in [1.165, 1.54) is 34.8 Å². The van der Waals surface area contributed by atoms with Gasteiger partial charge in [-0.1, -0.05) is 12.8 Å². The maximum Gasteiger partial charge on any atom is 0.271 e. The summed E-state index contributed by atoms with van der Waals surface area (Å²) in [6.07, 6.45) is 8.64. The third-order valence-electron chi connectivity index (χ3n) is 5.58. The summed E-state index contributed by atoms with van der Waals surface area (Å²) in [5, 5.41) is 4.87. The highest BCUT2D eigenvalue weighted by Crippen LogP contribution is 2.54. The molecular formula is C17H21N3O3S. The molecule has 2 aliphatic rings. The Bertz CT molecular complexity index is 822. The lowest BCUT2D eigenvalue weighted by atomic mass is 9.60. The number of nitrogens with one attached hydrogen (secondary N) is 1. The average molecular weight is 347 g/mol. The molecule has 2 aromatic rings. The fourth-order valence-electron chi connectivity index (χ4n) is 4.31. The van der Waals surface area contributed by atoms with E-state index in [-0.39, 0.29) is 34.6 Å². The van der Waals surface area contributed by atoms with Gasteiger partial charge in [0.15, 0.2) is 4.96 Å². The molecule has 2 atom stereocenters. The Morgan fingerprint density at radius 1 is 1.50 bits per heavy atom. The second kappa shape index (κ2) is 5.97. The van der Waals surface area contributed by atoms with Crippen LogP contribution >= 0.6 is 11.3 Å². The summed E-state index contributed by atoms with van der Waals surface area (Å²) < 4.78 is 7.30. The van der Waals surface area contributed by atoms with Crippen LogP contribution in [0.3, 0.4) is 0 Å². The van der Waals surface area contributed by atoms with Gasteiger partial charge in [-0.25, -0.2) is 4.98 Å². The van der Waals surface area contributed by atoms with E-state index in [9.17, 15) is 9.59 Å². The van der Waals surface area contributed by atoms with Crippen molar-refractivity contribution in [3.63, 3.8) is 0 Å². The van der Waals surface area contributed by atoms with Crippen LogP contribution in [0, 0.1) is 5.41 Å². The average Bonchev–Trinajstić information content (AvgIpc) is 3.25. The van der Waals surface area contributed by atoms with Gasteiger partial charge < -0.3 is 10.1 Å². The molecule has 4 rings (SSSR count). The molecule has 1 N–H and O–H groups in total. The Morgan fingerprint density at radius 3 is 3.04 bits per heavy atom. The van der Waals surface area contributed by atoms with Crippen LogP contribution in [0.5, 0.6) is 0 Å². The topological polar surface area (TPSA) is 72.7 Å². The van der Waals surface area contributed by atoms with Crippen molar-refractivity contribution in [3.8, 4) is 0 Å². The fraction of sp³-hybridized carbons (Fsp3) is 0.588. The summed E-state index contributed by atoms with van der Waals surface area (Å²) in [6, 6.07) is 0.0895. The van der Waals surface area contributed by atoms with Crippen LogP contribution < -0.4 is 10.9 Å². The van der Waals surface area contributed by atoms with E-state index in [1.807, 2.05) is 6.92 Å². The predicted molar refractivity (Wildman–Crippen MR) is 91.5 cm³/mol. The van der Waals surface area contributed by atoms with Gasteiger partial charge in [-0.3, -0.25) is 14.0 Å². The lowest BCUT2D eigenvalue weighted by molar-refractivity contribution is -0.127. The standard InChI is InChI=1S/C17H21N3O3S/c1-2-23-13-9-12(17(13)5-3-4-6-17)19-14(21)11-10-18-16-20(15(11)22)7-8-24-16/h7-8,10,12-13H,2-6,9H2,1H3,(H,19,21)/t12-,13-/m1/s1. The molecule has 24 heavy (non-hydrogen) atoms. The van der Waals surface area contributed by atoms with Gasteiger partial charge in [0.2, 0.25) is 0 Å². The Hall–Kier alpha value is -1.73. The van der Waals surface area contributed by atoms with E-state index in [1.54, 1.807) is 11.6 Å². The normalized spacial score (nSPS) is 25.0. The minimum Gasteiger partial charge on any atom is -0.378 e. The molecule has 128 valence electrons. The number of nitrogens with zero attached hydrogens (tertiary/aromatic N) is 2. The molecule has 2 fully saturated rings. The number of aromatic nitrogens is 2. The molecule has 2 saturated carbocycles. The van der Waals surface area contributed by atoms with E-state index < -0.39 is 0 Å². The maximum absolute atomic E-state index is 12.6. The molecule has 2 heterocycles. The summed E-state index contributed by atoms with van der Waals surface area (Å²) in [4.78, 5) is 29.9. The number of hydrogen-bond donors (Lipinski definition) is 1. The van der Waals surface area contributed by atoms with E-state index >= 15 is 0 Å². The Morgan fingerprint density at radius 2 is 2.29 bits per heavy atom. The molecule has 7 heteroatoms. The molecule has 1 amide bonds. The van der Waals surface area contributed by atoms with E-state index in [2.05, 4.69) is 10.3 Å². The van der Waals surface area contributed by atoms with Gasteiger partial charge in [-0.05, 0) is 26.2 Å². The first-order chi connectivity index (χ1) is 11.7. The van der Waals surface area contributed by atoms with Gasteiger partial charge in [0, 0.05) is 35.8 Å². The molecule has 2 aromatic heterocycles. The zero-order valence-electron chi connectivity index (χ0n) is 13.7. The molecular weight excluding hydrogens is 326 g/mol. The number of carbonyl (C=O) groups is 1. The monoisotopic (exact) mass is 347 g/mol. The summed E-state index contributed by atoms with van der Waals surface area (Å²) in [5.74, 6) is -0.320. The minimum atomic E-state index is -0.320. The summed E-state index contributed by atoms with van der Waals surface area (Å²) in [6.45, 7) is 2.71. The maximum atomic E-state index is 12.6. The van der Waals surface area contributed by atoms with E-state index in [0.29, 0.717) is 11.6 Å². The molecule has 0 radical (unpaired) electrons. The highest BCUT2D eigenvalue weighted by atomic mass is 32.1. The molecule has 0 bridgehead atoms. The van der Waals surface area contributed by atoms with Crippen LogP contribution in [0.1, 0.15) is 49.4 Å².